The molecule has 0 bridgehead atoms. The van der Waals surface area contributed by atoms with E-state index in [2.05, 4.69) is 17.5 Å². The van der Waals surface area contributed by atoms with Crippen molar-refractivity contribution in [2.24, 2.45) is 5.92 Å². The van der Waals surface area contributed by atoms with Crippen LogP contribution in [0.25, 0.3) is 0 Å². The molecule has 2 atom stereocenters. The summed E-state index contributed by atoms with van der Waals surface area (Å²) in [6.07, 6.45) is 5.67. The summed E-state index contributed by atoms with van der Waals surface area (Å²) in [5.74, 6) is 1.56. The molecule has 0 radical (unpaired) electrons. The number of allylic oxidation sites excluding steroid dienone is 2. The Hall–Kier alpha value is -1.44. The summed E-state index contributed by atoms with van der Waals surface area (Å²) in [5.41, 5.74) is 2.42. The van der Waals surface area contributed by atoms with Crippen LogP contribution >= 0.6 is 0 Å². The van der Waals surface area contributed by atoms with Gasteiger partial charge in [-0.05, 0) is 36.1 Å². The van der Waals surface area contributed by atoms with Crippen LogP contribution in [0.3, 0.4) is 0 Å². The number of phenolic OH excluding ortho intramolecular Hbond substituents is 1. The van der Waals surface area contributed by atoms with Gasteiger partial charge < -0.3 is 10.4 Å². The van der Waals surface area contributed by atoms with Crippen LogP contribution in [0.4, 0.5) is 5.69 Å². The highest BCUT2D eigenvalue weighted by Gasteiger charge is 2.29. The molecule has 1 heterocycles. The number of hydrogen-bond donors (Lipinski definition) is 2. The van der Waals surface area contributed by atoms with Crippen LogP contribution in [0, 0.1) is 5.92 Å². The van der Waals surface area contributed by atoms with Gasteiger partial charge >= 0.3 is 0 Å². The minimum atomic E-state index is 0.367. The highest BCUT2D eigenvalue weighted by Crippen LogP contribution is 2.42. The predicted molar refractivity (Wildman–Crippen MR) is 56.6 cm³/mol. The Morgan fingerprint density at radius 2 is 2.29 bits per heavy atom. The number of rotatable bonds is 0. The van der Waals surface area contributed by atoms with E-state index in [1.807, 2.05) is 12.1 Å². The third-order valence-corrected chi connectivity index (χ3v) is 3.24. The molecule has 3 rings (SSSR count). The van der Waals surface area contributed by atoms with E-state index in [4.69, 9.17) is 0 Å². The average molecular weight is 187 g/mol. The maximum absolute atomic E-state index is 9.46. The highest BCUT2D eigenvalue weighted by molar-refractivity contribution is 5.59. The van der Waals surface area contributed by atoms with Crippen LogP contribution in [0.5, 0.6) is 5.75 Å². The molecule has 0 aromatic heterocycles. The molecule has 0 spiro atoms. The smallest absolute Gasteiger partial charge is 0.116 e. The maximum atomic E-state index is 9.46. The molecule has 1 aliphatic carbocycles. The summed E-state index contributed by atoms with van der Waals surface area (Å²) in [5, 5.41) is 12.9. The number of nitrogens with one attached hydrogen (secondary N) is 1. The summed E-state index contributed by atoms with van der Waals surface area (Å²) >= 11 is 0. The lowest BCUT2D eigenvalue weighted by Crippen LogP contribution is -2.24. The van der Waals surface area contributed by atoms with E-state index in [0.29, 0.717) is 17.6 Å². The molecule has 1 aromatic carbocycles. The van der Waals surface area contributed by atoms with Gasteiger partial charge in [0.05, 0.1) is 0 Å². The van der Waals surface area contributed by atoms with Gasteiger partial charge in [0.25, 0.3) is 0 Å². The zero-order valence-corrected chi connectivity index (χ0v) is 7.90. The molecule has 14 heavy (non-hydrogen) atoms. The number of benzene rings is 1. The minimum Gasteiger partial charge on any atom is -0.508 e. The molecule has 0 saturated heterocycles. The molecule has 2 heteroatoms. The first kappa shape index (κ1) is 7.92. The van der Waals surface area contributed by atoms with Crippen molar-refractivity contribution in [3.63, 3.8) is 0 Å². The molecule has 2 nitrogen and oxygen atoms in total. The van der Waals surface area contributed by atoms with E-state index in [-0.39, 0.29) is 0 Å². The summed E-state index contributed by atoms with van der Waals surface area (Å²) in [4.78, 5) is 0. The largest absolute Gasteiger partial charge is 0.508 e. The van der Waals surface area contributed by atoms with Gasteiger partial charge in [0.15, 0.2) is 0 Å². The van der Waals surface area contributed by atoms with Crippen molar-refractivity contribution in [2.75, 3.05) is 11.9 Å². The molecule has 0 fully saturated rings. The fourth-order valence-corrected chi connectivity index (χ4v) is 2.50. The van der Waals surface area contributed by atoms with E-state index in [1.54, 1.807) is 6.07 Å². The summed E-state index contributed by atoms with van der Waals surface area (Å²) in [6.45, 7) is 1.05. The lowest BCUT2D eigenvalue weighted by atomic mass is 9.84. The standard InChI is InChI=1S/C12H13NO/c14-9-4-5-12-11(6-9)10-3-1-2-8(10)7-13-12/h1,3-6,8,10,13-14H,2,7H2. The van der Waals surface area contributed by atoms with E-state index >= 15 is 0 Å². The van der Waals surface area contributed by atoms with Crippen molar-refractivity contribution >= 4 is 5.69 Å². The van der Waals surface area contributed by atoms with Crippen LogP contribution in [0.2, 0.25) is 0 Å². The lowest BCUT2D eigenvalue weighted by molar-refractivity contribution is 0.470. The number of aromatic hydroxyl groups is 1. The van der Waals surface area contributed by atoms with Crippen molar-refractivity contribution < 1.29 is 5.11 Å². The molecule has 2 N–H and O–H groups in total. The second-order valence-electron chi connectivity index (χ2n) is 4.10. The van der Waals surface area contributed by atoms with Crippen LogP contribution < -0.4 is 5.32 Å². The van der Waals surface area contributed by atoms with Crippen LogP contribution in [-0.4, -0.2) is 11.7 Å². The van der Waals surface area contributed by atoms with Gasteiger partial charge in [-0.15, -0.1) is 0 Å². The van der Waals surface area contributed by atoms with E-state index in [0.717, 1.165) is 13.0 Å². The van der Waals surface area contributed by atoms with E-state index < -0.39 is 0 Å². The first-order valence-electron chi connectivity index (χ1n) is 5.08. The maximum Gasteiger partial charge on any atom is 0.116 e. The summed E-state index contributed by atoms with van der Waals surface area (Å²) in [7, 11) is 0. The van der Waals surface area contributed by atoms with Gasteiger partial charge in [-0.2, -0.15) is 0 Å². The van der Waals surface area contributed by atoms with Crippen molar-refractivity contribution in [1.82, 2.24) is 0 Å². The Bertz CT molecular complexity index is 397. The third-order valence-electron chi connectivity index (χ3n) is 3.24. The molecular formula is C12H13NO. The quantitative estimate of drug-likeness (QED) is 0.483. The van der Waals surface area contributed by atoms with Crippen LogP contribution in [0.1, 0.15) is 17.9 Å². The van der Waals surface area contributed by atoms with Crippen molar-refractivity contribution in [3.05, 3.63) is 35.9 Å². The first-order chi connectivity index (χ1) is 6.84. The monoisotopic (exact) mass is 187 g/mol. The Balaban J connectivity index is 2.11. The lowest BCUT2D eigenvalue weighted by Gasteiger charge is -2.29. The van der Waals surface area contributed by atoms with Crippen molar-refractivity contribution in [2.45, 2.75) is 12.3 Å². The van der Waals surface area contributed by atoms with Gasteiger partial charge in [-0.1, -0.05) is 12.2 Å². The zero-order valence-electron chi connectivity index (χ0n) is 7.90. The number of fused-ring (bicyclic) bond motifs is 3. The fraction of sp³-hybridized carbons (Fsp3) is 0.333. The topological polar surface area (TPSA) is 32.3 Å². The molecule has 1 aliphatic heterocycles. The Kier molecular flexibility index (Phi) is 1.57. The number of phenols is 1. The SMILES string of the molecule is Oc1ccc2c(c1)C1C=CCC1CN2. The molecule has 2 unspecified atom stereocenters. The van der Waals surface area contributed by atoms with Crippen LogP contribution in [0.15, 0.2) is 30.4 Å². The first-order valence-corrected chi connectivity index (χ1v) is 5.08. The van der Waals surface area contributed by atoms with Gasteiger partial charge in [0.1, 0.15) is 5.75 Å². The fourth-order valence-electron chi connectivity index (χ4n) is 2.50. The molecule has 0 amide bonds. The van der Waals surface area contributed by atoms with Crippen molar-refractivity contribution in [3.8, 4) is 5.75 Å². The number of anilines is 1. The molecule has 0 saturated carbocycles. The minimum absolute atomic E-state index is 0.367. The van der Waals surface area contributed by atoms with Gasteiger partial charge in [0, 0.05) is 18.2 Å². The summed E-state index contributed by atoms with van der Waals surface area (Å²) in [6, 6.07) is 5.59. The van der Waals surface area contributed by atoms with E-state index in [9.17, 15) is 5.11 Å². The summed E-state index contributed by atoms with van der Waals surface area (Å²) < 4.78 is 0. The van der Waals surface area contributed by atoms with Gasteiger partial charge in [-0.25, -0.2) is 0 Å². The Morgan fingerprint density at radius 3 is 3.21 bits per heavy atom. The molecule has 72 valence electrons. The van der Waals surface area contributed by atoms with Crippen molar-refractivity contribution in [1.29, 1.82) is 0 Å². The van der Waals surface area contributed by atoms with Gasteiger partial charge in [0.2, 0.25) is 0 Å². The zero-order chi connectivity index (χ0) is 9.54. The Labute approximate surface area is 83.3 Å². The Morgan fingerprint density at radius 1 is 1.36 bits per heavy atom. The molecule has 1 aromatic rings. The average Bonchev–Trinajstić information content (AvgIpc) is 2.65. The molecule has 2 aliphatic rings. The number of hydrogen-bond acceptors (Lipinski definition) is 2. The predicted octanol–water partition coefficient (Wildman–Crippen LogP) is 2.48. The van der Waals surface area contributed by atoms with Crippen LogP contribution in [-0.2, 0) is 0 Å². The molecular weight excluding hydrogens is 174 g/mol. The van der Waals surface area contributed by atoms with Gasteiger partial charge in [-0.3, -0.25) is 0 Å². The second kappa shape index (κ2) is 2.77. The highest BCUT2D eigenvalue weighted by atomic mass is 16.3. The second-order valence-corrected chi connectivity index (χ2v) is 4.10. The van der Waals surface area contributed by atoms with E-state index in [1.165, 1.54) is 11.3 Å². The normalized spacial score (nSPS) is 28.0. The third kappa shape index (κ3) is 1.03.